The molecule has 2 N–H and O–H groups in total. The minimum Gasteiger partial charge on any atom is -0.434 e. The van der Waals surface area contributed by atoms with Gasteiger partial charge >= 0.3 is 6.61 Å². The Hall–Kier alpha value is -1.69. The van der Waals surface area contributed by atoms with Gasteiger partial charge in [-0.15, -0.1) is 0 Å². The van der Waals surface area contributed by atoms with E-state index in [1.54, 1.807) is 6.07 Å². The summed E-state index contributed by atoms with van der Waals surface area (Å²) in [6.07, 6.45) is 1.40. The number of nitrogens with one attached hydrogen (secondary N) is 1. The molecule has 0 saturated heterocycles. The fourth-order valence-corrected chi connectivity index (χ4v) is 1.82. The molecule has 0 bridgehead atoms. The van der Waals surface area contributed by atoms with Crippen LogP contribution in [0.4, 0.5) is 8.78 Å². The lowest BCUT2D eigenvalue weighted by molar-refractivity contribution is -0.0501. The molecule has 0 radical (unpaired) electrons. The highest BCUT2D eigenvalue weighted by Gasteiger charge is 2.16. The number of rotatable bonds is 8. The van der Waals surface area contributed by atoms with Crippen molar-refractivity contribution in [2.75, 3.05) is 13.2 Å². The van der Waals surface area contributed by atoms with E-state index in [0.717, 1.165) is 6.42 Å². The summed E-state index contributed by atoms with van der Waals surface area (Å²) in [7, 11) is 0. The fourth-order valence-electron chi connectivity index (χ4n) is 1.82. The Morgan fingerprint density at radius 3 is 2.70 bits per heavy atom. The molecule has 0 spiro atoms. The van der Waals surface area contributed by atoms with Gasteiger partial charge in [0.2, 0.25) is 0 Å². The second-order valence-corrected chi connectivity index (χ2v) is 4.37. The van der Waals surface area contributed by atoms with Crippen LogP contribution in [-0.2, 0) is 0 Å². The van der Waals surface area contributed by atoms with Gasteiger partial charge in [-0.3, -0.25) is 4.79 Å². The topological polar surface area (TPSA) is 58.6 Å². The number of hydrogen-bond donors (Lipinski definition) is 2. The number of benzene rings is 1. The first-order valence-electron chi connectivity index (χ1n) is 6.51. The van der Waals surface area contributed by atoms with Crippen LogP contribution in [-0.4, -0.2) is 30.8 Å². The first-order valence-corrected chi connectivity index (χ1v) is 6.51. The van der Waals surface area contributed by atoms with Crippen LogP contribution in [0.15, 0.2) is 24.3 Å². The van der Waals surface area contributed by atoms with Gasteiger partial charge in [0.25, 0.3) is 5.91 Å². The zero-order valence-electron chi connectivity index (χ0n) is 11.3. The van der Waals surface area contributed by atoms with E-state index in [2.05, 4.69) is 10.1 Å². The molecule has 1 aromatic carbocycles. The molecular weight excluding hydrogens is 268 g/mol. The third-order valence-electron chi connectivity index (χ3n) is 3.01. The summed E-state index contributed by atoms with van der Waals surface area (Å²) in [6, 6.07) is 5.86. The average Bonchev–Trinajstić information content (AvgIpc) is 2.43. The van der Waals surface area contributed by atoms with E-state index in [1.165, 1.54) is 18.2 Å². The lowest BCUT2D eigenvalue weighted by atomic mass is 10.0. The third kappa shape index (κ3) is 5.13. The highest BCUT2D eigenvalue weighted by atomic mass is 19.3. The first kappa shape index (κ1) is 16.4. The maximum absolute atomic E-state index is 12.3. The van der Waals surface area contributed by atoms with Crippen molar-refractivity contribution < 1.29 is 23.4 Å². The van der Waals surface area contributed by atoms with Gasteiger partial charge in [0.15, 0.2) is 0 Å². The number of amides is 1. The maximum atomic E-state index is 12.3. The van der Waals surface area contributed by atoms with Gasteiger partial charge in [-0.2, -0.15) is 8.78 Å². The van der Waals surface area contributed by atoms with Crippen molar-refractivity contribution >= 4 is 5.91 Å². The number of ether oxygens (including phenoxy) is 1. The van der Waals surface area contributed by atoms with Crippen LogP contribution in [0.1, 0.15) is 30.1 Å². The summed E-state index contributed by atoms with van der Waals surface area (Å²) in [5.74, 6) is -0.444. The SMILES string of the molecule is CCC(CCO)CNC(=O)c1ccccc1OC(F)F. The molecule has 0 aliphatic rings. The standard InChI is InChI=1S/C14H19F2NO3/c1-2-10(7-8-18)9-17-13(19)11-5-3-4-6-12(11)20-14(15)16/h3-6,10,14,18H,2,7-9H2,1H3,(H,17,19). The molecule has 0 aliphatic carbocycles. The fraction of sp³-hybridized carbons (Fsp3) is 0.500. The molecule has 4 nitrogen and oxygen atoms in total. The number of carbonyl (C=O) groups excluding carboxylic acids is 1. The average molecular weight is 287 g/mol. The van der Waals surface area contributed by atoms with Crippen molar-refractivity contribution in [3.63, 3.8) is 0 Å². The molecule has 1 rings (SSSR count). The lowest BCUT2D eigenvalue weighted by Crippen LogP contribution is -2.30. The zero-order valence-corrected chi connectivity index (χ0v) is 11.3. The van der Waals surface area contributed by atoms with Crippen molar-refractivity contribution in [2.24, 2.45) is 5.92 Å². The number of carbonyl (C=O) groups is 1. The smallest absolute Gasteiger partial charge is 0.387 e. The van der Waals surface area contributed by atoms with E-state index in [4.69, 9.17) is 5.11 Å². The van der Waals surface area contributed by atoms with Crippen molar-refractivity contribution in [1.29, 1.82) is 0 Å². The number of para-hydroxylation sites is 1. The Morgan fingerprint density at radius 1 is 1.40 bits per heavy atom. The van der Waals surface area contributed by atoms with Gasteiger partial charge in [-0.25, -0.2) is 0 Å². The van der Waals surface area contributed by atoms with Gasteiger partial charge in [-0.1, -0.05) is 25.5 Å². The van der Waals surface area contributed by atoms with Crippen LogP contribution in [0, 0.1) is 5.92 Å². The largest absolute Gasteiger partial charge is 0.434 e. The molecule has 0 aromatic heterocycles. The molecule has 6 heteroatoms. The van der Waals surface area contributed by atoms with Crippen molar-refractivity contribution in [1.82, 2.24) is 5.32 Å². The minimum atomic E-state index is -2.97. The molecule has 0 fully saturated rings. The molecule has 0 heterocycles. The Kier molecular flexibility index (Phi) is 6.93. The number of hydrogen-bond acceptors (Lipinski definition) is 3. The highest BCUT2D eigenvalue weighted by Crippen LogP contribution is 2.20. The second-order valence-electron chi connectivity index (χ2n) is 4.37. The van der Waals surface area contributed by atoms with Gasteiger partial charge in [0.1, 0.15) is 5.75 Å². The molecule has 0 saturated carbocycles. The Balaban J connectivity index is 2.67. The minimum absolute atomic E-state index is 0.0550. The summed E-state index contributed by atoms with van der Waals surface area (Å²) in [5, 5.41) is 11.6. The summed E-state index contributed by atoms with van der Waals surface area (Å²) >= 11 is 0. The summed E-state index contributed by atoms with van der Waals surface area (Å²) in [6.45, 7) is -0.569. The molecule has 1 aromatic rings. The van der Waals surface area contributed by atoms with Crippen LogP contribution < -0.4 is 10.1 Å². The molecule has 20 heavy (non-hydrogen) atoms. The maximum Gasteiger partial charge on any atom is 0.387 e. The number of aliphatic hydroxyl groups excluding tert-OH is 1. The van der Waals surface area contributed by atoms with Crippen LogP contribution >= 0.6 is 0 Å². The zero-order chi connectivity index (χ0) is 15.0. The summed E-state index contributed by atoms with van der Waals surface area (Å²) < 4.78 is 28.8. The van der Waals surface area contributed by atoms with Crippen molar-refractivity contribution in [2.45, 2.75) is 26.4 Å². The lowest BCUT2D eigenvalue weighted by Gasteiger charge is -2.15. The highest BCUT2D eigenvalue weighted by molar-refractivity contribution is 5.96. The van der Waals surface area contributed by atoms with Crippen molar-refractivity contribution in [3.05, 3.63) is 29.8 Å². The van der Waals surface area contributed by atoms with E-state index >= 15 is 0 Å². The normalized spacial score (nSPS) is 12.2. The Labute approximate surface area is 116 Å². The number of alkyl halides is 2. The molecule has 1 amide bonds. The monoisotopic (exact) mass is 287 g/mol. The Morgan fingerprint density at radius 2 is 2.10 bits per heavy atom. The molecule has 1 atom stereocenters. The number of aliphatic hydroxyl groups is 1. The third-order valence-corrected chi connectivity index (χ3v) is 3.01. The predicted molar refractivity (Wildman–Crippen MR) is 70.9 cm³/mol. The van der Waals surface area contributed by atoms with Crippen LogP contribution in [0.2, 0.25) is 0 Å². The summed E-state index contributed by atoms with van der Waals surface area (Å²) in [5.41, 5.74) is 0.0756. The van der Waals surface area contributed by atoms with Crippen LogP contribution in [0.3, 0.4) is 0 Å². The van der Waals surface area contributed by atoms with Crippen molar-refractivity contribution in [3.8, 4) is 5.75 Å². The van der Waals surface area contributed by atoms with Gasteiger partial charge in [0.05, 0.1) is 5.56 Å². The number of halogens is 2. The van der Waals surface area contributed by atoms with Gasteiger partial charge in [0, 0.05) is 13.2 Å². The van der Waals surface area contributed by atoms with Crippen LogP contribution in [0.25, 0.3) is 0 Å². The molecular formula is C14H19F2NO3. The first-order chi connectivity index (χ1) is 9.58. The van der Waals surface area contributed by atoms with E-state index < -0.39 is 12.5 Å². The quantitative estimate of drug-likeness (QED) is 0.772. The predicted octanol–water partition coefficient (Wildman–Crippen LogP) is 2.43. The molecule has 0 aliphatic heterocycles. The summed E-state index contributed by atoms with van der Waals surface area (Å²) in [4.78, 5) is 12.0. The second kappa shape index (κ2) is 8.47. The Bertz CT molecular complexity index is 427. The van der Waals surface area contributed by atoms with Crippen LogP contribution in [0.5, 0.6) is 5.75 Å². The van der Waals surface area contributed by atoms with E-state index in [1.807, 2.05) is 6.92 Å². The van der Waals surface area contributed by atoms with E-state index in [9.17, 15) is 13.6 Å². The van der Waals surface area contributed by atoms with Gasteiger partial charge in [-0.05, 0) is 24.5 Å². The molecule has 1 unspecified atom stereocenters. The molecule has 112 valence electrons. The van der Waals surface area contributed by atoms with E-state index in [0.29, 0.717) is 13.0 Å². The van der Waals surface area contributed by atoms with E-state index in [-0.39, 0.29) is 23.8 Å². The van der Waals surface area contributed by atoms with Gasteiger partial charge < -0.3 is 15.2 Å².